The van der Waals surface area contributed by atoms with Gasteiger partial charge < -0.3 is 15.0 Å². The number of nitrogens with one attached hydrogen (secondary N) is 1. The number of morpholine rings is 1. The lowest BCUT2D eigenvalue weighted by atomic mass is 10.1. The van der Waals surface area contributed by atoms with Crippen LogP contribution in [0.3, 0.4) is 0 Å². The molecule has 6 heteroatoms. The molecule has 1 N–H and O–H groups in total. The molecule has 0 bridgehead atoms. The van der Waals surface area contributed by atoms with Gasteiger partial charge in [-0.05, 0) is 12.5 Å². The highest BCUT2D eigenvalue weighted by Crippen LogP contribution is 2.21. The maximum absolute atomic E-state index is 5.90. The molecule has 0 spiro atoms. The molecule has 6 nitrogen and oxygen atoms in total. The maximum atomic E-state index is 5.90. The second kappa shape index (κ2) is 7.49. The lowest BCUT2D eigenvalue weighted by molar-refractivity contribution is -0.00805. The van der Waals surface area contributed by atoms with Gasteiger partial charge in [-0.1, -0.05) is 29.8 Å². The first kappa shape index (κ1) is 16.5. The summed E-state index contributed by atoms with van der Waals surface area (Å²) in [4.78, 5) is 6.68. The van der Waals surface area contributed by atoms with E-state index in [1.807, 2.05) is 31.2 Å². The van der Waals surface area contributed by atoms with Crippen LogP contribution >= 0.6 is 0 Å². The zero-order chi connectivity index (χ0) is 16.9. The Morgan fingerprint density at radius 1 is 1.38 bits per heavy atom. The predicted molar refractivity (Wildman–Crippen MR) is 94.9 cm³/mol. The van der Waals surface area contributed by atoms with Gasteiger partial charge in [-0.3, -0.25) is 9.67 Å². The van der Waals surface area contributed by atoms with E-state index in [4.69, 9.17) is 4.74 Å². The monoisotopic (exact) mass is 327 g/mol. The van der Waals surface area contributed by atoms with E-state index in [0.29, 0.717) is 6.61 Å². The van der Waals surface area contributed by atoms with Crippen LogP contribution in [0.15, 0.2) is 41.7 Å². The number of benzene rings is 1. The lowest BCUT2D eigenvalue weighted by Gasteiger charge is -2.34. The van der Waals surface area contributed by atoms with Gasteiger partial charge in [-0.15, -0.1) is 0 Å². The smallest absolute Gasteiger partial charge is 0.194 e. The number of aryl methyl sites for hydroxylation is 2. The summed E-state index contributed by atoms with van der Waals surface area (Å²) in [6, 6.07) is 8.56. The third kappa shape index (κ3) is 3.94. The molecule has 0 saturated carbocycles. The van der Waals surface area contributed by atoms with Crippen LogP contribution in [0, 0.1) is 6.92 Å². The molecule has 1 atom stereocenters. The summed E-state index contributed by atoms with van der Waals surface area (Å²) >= 11 is 0. The number of guanidine groups is 1. The molecule has 1 aliphatic heterocycles. The molecule has 0 aliphatic carbocycles. The Morgan fingerprint density at radius 2 is 2.17 bits per heavy atom. The number of aromatic nitrogens is 2. The highest BCUT2D eigenvalue weighted by molar-refractivity contribution is 5.80. The molecule has 1 aromatic heterocycles. The van der Waals surface area contributed by atoms with E-state index in [1.165, 1.54) is 11.1 Å². The number of rotatable bonds is 3. The van der Waals surface area contributed by atoms with E-state index >= 15 is 0 Å². The number of nitrogens with zero attached hydrogens (tertiary/aromatic N) is 4. The molecule has 0 radical (unpaired) electrons. The van der Waals surface area contributed by atoms with Gasteiger partial charge in [0, 0.05) is 38.9 Å². The summed E-state index contributed by atoms with van der Waals surface area (Å²) in [5.74, 6) is 0.910. The molecule has 3 rings (SSSR count). The van der Waals surface area contributed by atoms with Crippen molar-refractivity contribution in [3.05, 3.63) is 53.3 Å². The van der Waals surface area contributed by atoms with E-state index < -0.39 is 0 Å². The van der Waals surface area contributed by atoms with Crippen LogP contribution in [0.4, 0.5) is 0 Å². The molecule has 1 fully saturated rings. The van der Waals surface area contributed by atoms with Gasteiger partial charge >= 0.3 is 0 Å². The molecular formula is C18H25N5O. The van der Waals surface area contributed by atoms with Gasteiger partial charge in [0.25, 0.3) is 0 Å². The standard InChI is InChI=1S/C18H25N5O/c1-14-4-6-15(7-5-14)10-20-18(19-2)23-8-9-24-17(13-23)16-11-21-22(3)12-16/h4-7,11-12,17H,8-10,13H2,1-3H3,(H,19,20). The first-order valence-corrected chi connectivity index (χ1v) is 8.27. The molecule has 128 valence electrons. The van der Waals surface area contributed by atoms with Gasteiger partial charge in [0.05, 0.1) is 19.3 Å². The molecular weight excluding hydrogens is 302 g/mol. The summed E-state index contributed by atoms with van der Waals surface area (Å²) < 4.78 is 7.71. The van der Waals surface area contributed by atoms with Crippen molar-refractivity contribution in [3.63, 3.8) is 0 Å². The van der Waals surface area contributed by atoms with Gasteiger partial charge in [0.15, 0.2) is 5.96 Å². The van der Waals surface area contributed by atoms with Crippen molar-refractivity contribution in [2.45, 2.75) is 19.6 Å². The molecule has 1 unspecified atom stereocenters. The Morgan fingerprint density at radius 3 is 2.83 bits per heavy atom. The van der Waals surface area contributed by atoms with Crippen LogP contribution in [-0.4, -0.2) is 47.4 Å². The van der Waals surface area contributed by atoms with Gasteiger partial charge in [-0.25, -0.2) is 0 Å². The average molecular weight is 327 g/mol. The minimum absolute atomic E-state index is 0.0328. The molecule has 2 aromatic rings. The number of ether oxygens (including phenoxy) is 1. The SMILES string of the molecule is CN=C(NCc1ccc(C)cc1)N1CCOC(c2cnn(C)c2)C1. The molecule has 1 aromatic carbocycles. The van der Waals surface area contributed by atoms with Crippen LogP contribution in [0.25, 0.3) is 0 Å². The molecule has 24 heavy (non-hydrogen) atoms. The fourth-order valence-electron chi connectivity index (χ4n) is 2.87. The van der Waals surface area contributed by atoms with Crippen LogP contribution in [0.1, 0.15) is 22.8 Å². The molecule has 1 aliphatic rings. The van der Waals surface area contributed by atoms with E-state index in [0.717, 1.165) is 31.2 Å². The zero-order valence-electron chi connectivity index (χ0n) is 14.6. The third-order valence-corrected chi connectivity index (χ3v) is 4.25. The lowest BCUT2D eigenvalue weighted by Crippen LogP contribution is -2.47. The van der Waals surface area contributed by atoms with Gasteiger partial charge in [0.1, 0.15) is 6.10 Å². The summed E-state index contributed by atoms with van der Waals surface area (Å²) in [6.45, 7) is 5.17. The Labute approximate surface area is 143 Å². The second-order valence-electron chi connectivity index (χ2n) is 6.14. The van der Waals surface area contributed by atoms with E-state index in [1.54, 1.807) is 0 Å². The fraction of sp³-hybridized carbons (Fsp3) is 0.444. The number of aliphatic imine (C=N–C) groups is 1. The van der Waals surface area contributed by atoms with Crippen molar-refractivity contribution < 1.29 is 4.74 Å². The number of hydrogen-bond donors (Lipinski definition) is 1. The van der Waals surface area contributed by atoms with E-state index in [-0.39, 0.29) is 6.10 Å². The summed E-state index contributed by atoms with van der Waals surface area (Å²) in [5, 5.41) is 7.69. The van der Waals surface area contributed by atoms with Gasteiger partial charge in [0.2, 0.25) is 0 Å². The predicted octanol–water partition coefficient (Wildman–Crippen LogP) is 1.88. The second-order valence-corrected chi connectivity index (χ2v) is 6.14. The quantitative estimate of drug-likeness (QED) is 0.691. The van der Waals surface area contributed by atoms with Crippen LogP contribution in [0.5, 0.6) is 0 Å². The van der Waals surface area contributed by atoms with Crippen LogP contribution in [0.2, 0.25) is 0 Å². The Kier molecular flexibility index (Phi) is 5.15. The molecule has 2 heterocycles. The summed E-state index contributed by atoms with van der Waals surface area (Å²) in [6.07, 6.45) is 3.92. The summed E-state index contributed by atoms with van der Waals surface area (Å²) in [5.41, 5.74) is 3.63. The molecule has 1 saturated heterocycles. The topological polar surface area (TPSA) is 54.7 Å². The van der Waals surface area contributed by atoms with Crippen LogP contribution < -0.4 is 5.32 Å². The Balaban J connectivity index is 1.61. The zero-order valence-corrected chi connectivity index (χ0v) is 14.6. The Hall–Kier alpha value is -2.34. The highest BCUT2D eigenvalue weighted by atomic mass is 16.5. The van der Waals surface area contributed by atoms with Gasteiger partial charge in [-0.2, -0.15) is 5.10 Å². The average Bonchev–Trinajstić information content (AvgIpc) is 3.04. The molecule has 0 amide bonds. The van der Waals surface area contributed by atoms with E-state index in [9.17, 15) is 0 Å². The van der Waals surface area contributed by atoms with Crippen molar-refractivity contribution in [2.24, 2.45) is 12.0 Å². The van der Waals surface area contributed by atoms with Crippen molar-refractivity contribution in [1.29, 1.82) is 0 Å². The maximum Gasteiger partial charge on any atom is 0.194 e. The highest BCUT2D eigenvalue weighted by Gasteiger charge is 2.25. The van der Waals surface area contributed by atoms with Crippen LogP contribution in [-0.2, 0) is 18.3 Å². The van der Waals surface area contributed by atoms with Crippen molar-refractivity contribution >= 4 is 5.96 Å². The van der Waals surface area contributed by atoms with Crippen molar-refractivity contribution in [1.82, 2.24) is 20.0 Å². The normalized spacial score (nSPS) is 18.7. The first-order chi connectivity index (χ1) is 11.7. The minimum Gasteiger partial charge on any atom is -0.370 e. The first-order valence-electron chi connectivity index (χ1n) is 8.27. The fourth-order valence-corrected chi connectivity index (χ4v) is 2.87. The van der Waals surface area contributed by atoms with Crippen molar-refractivity contribution in [3.8, 4) is 0 Å². The summed E-state index contributed by atoms with van der Waals surface area (Å²) in [7, 11) is 3.75. The minimum atomic E-state index is 0.0328. The largest absolute Gasteiger partial charge is 0.370 e. The number of hydrogen-bond acceptors (Lipinski definition) is 3. The third-order valence-electron chi connectivity index (χ3n) is 4.25. The van der Waals surface area contributed by atoms with E-state index in [2.05, 4.69) is 51.5 Å². The Bertz CT molecular complexity index is 692. The van der Waals surface area contributed by atoms with Crippen molar-refractivity contribution in [2.75, 3.05) is 26.7 Å².